The zero-order valence-electron chi connectivity index (χ0n) is 22.8. The molecule has 3 aromatic rings. The zero-order valence-corrected chi connectivity index (χ0v) is 24.4. The minimum atomic E-state index is -4.94. The van der Waals surface area contributed by atoms with E-state index in [4.69, 9.17) is 30.1 Å². The Bertz CT molecular complexity index is 1390. The molecule has 1 heterocycles. The Balaban J connectivity index is 0.00000108. The van der Waals surface area contributed by atoms with Crippen molar-refractivity contribution in [1.82, 2.24) is 0 Å². The normalized spacial score (nSPS) is 11.3. The Morgan fingerprint density at radius 2 is 1.39 bits per heavy atom. The molecule has 0 unspecified atom stereocenters. The van der Waals surface area contributed by atoms with Crippen molar-refractivity contribution in [2.75, 3.05) is 5.32 Å². The third-order valence-corrected chi connectivity index (χ3v) is 7.00. The lowest BCUT2D eigenvalue weighted by molar-refractivity contribution is -2.00. The first kappa shape index (κ1) is 33.6. The number of halogens is 1. The first-order valence-corrected chi connectivity index (χ1v) is 15.4. The molecule has 0 bridgehead atoms. The maximum atomic E-state index is 12.7. The number of guanidine groups is 1. The second-order valence-electron chi connectivity index (χ2n) is 8.94. The highest BCUT2D eigenvalue weighted by Crippen LogP contribution is 2.22. The number of nitrogens with zero attached hydrogens (tertiary/aromatic N) is 2. The van der Waals surface area contributed by atoms with Crippen LogP contribution in [-0.4, -0.2) is 20.3 Å². The van der Waals surface area contributed by atoms with Gasteiger partial charge in [-0.25, -0.2) is 18.6 Å². The van der Waals surface area contributed by atoms with Gasteiger partial charge in [-0.15, -0.1) is 14.6 Å². The van der Waals surface area contributed by atoms with Crippen LogP contribution in [0.2, 0.25) is 0 Å². The van der Waals surface area contributed by atoms with Gasteiger partial charge in [-0.05, 0) is 48.2 Å². The van der Waals surface area contributed by atoms with Crippen LogP contribution in [0.4, 0.5) is 5.69 Å². The number of anilines is 1. The standard InChI is InChI=1S/C27H33N5O3S.ClHO4/c1-3-8-23-18-21(20-10-6-5-7-11-20)19-24(9-4-2)32(23)17-16-26(33)30-22-12-14-25(15-13-22)36(34,35)31-27(28)29;2-1(3,4)5/h5-7,10-15,18-19H,3-4,8-9,16-17H2,1-2H3,(H4-,28,29,30,31,33);(H,2,3,4,5). The highest BCUT2D eigenvalue weighted by molar-refractivity contribution is 7.90. The number of nitrogens with two attached hydrogens (primary N) is 2. The number of carbonyl (C=O) groups excluding carboxylic acids is 1. The molecule has 0 aliphatic heterocycles. The molecule has 0 fully saturated rings. The molecular weight excluding hydrogens is 574 g/mol. The molecular formula is C27H34ClN5O7S. The zero-order chi connectivity index (χ0) is 30.6. The van der Waals surface area contributed by atoms with Crippen molar-refractivity contribution in [3.63, 3.8) is 0 Å². The van der Waals surface area contributed by atoms with Gasteiger partial charge < -0.3 is 16.8 Å². The highest BCUT2D eigenvalue weighted by atomic mass is 35.7. The summed E-state index contributed by atoms with van der Waals surface area (Å²) in [4.78, 5) is 12.7. The van der Waals surface area contributed by atoms with E-state index in [1.165, 1.54) is 46.8 Å². The monoisotopic (exact) mass is 607 g/mol. The van der Waals surface area contributed by atoms with Gasteiger partial charge in [0.1, 0.15) is 0 Å². The van der Waals surface area contributed by atoms with Crippen molar-refractivity contribution in [1.29, 1.82) is 0 Å². The van der Waals surface area contributed by atoms with Gasteiger partial charge in [-0.2, -0.15) is 13.0 Å². The van der Waals surface area contributed by atoms with Crippen LogP contribution in [0.15, 0.2) is 76.0 Å². The number of pyridine rings is 1. The number of benzene rings is 2. The van der Waals surface area contributed by atoms with E-state index in [0.29, 0.717) is 12.2 Å². The molecule has 41 heavy (non-hydrogen) atoms. The minimum absolute atomic E-state index is 0.0589. The first-order valence-electron chi connectivity index (χ1n) is 12.7. The molecule has 0 spiro atoms. The lowest BCUT2D eigenvalue weighted by atomic mass is 10.0. The van der Waals surface area contributed by atoms with E-state index < -0.39 is 26.2 Å². The average Bonchev–Trinajstić information content (AvgIpc) is 2.87. The molecule has 0 aliphatic rings. The number of aromatic nitrogens is 1. The van der Waals surface area contributed by atoms with E-state index >= 15 is 0 Å². The minimum Gasteiger partial charge on any atom is -0.369 e. The largest absolute Gasteiger partial charge is 0.369 e. The third-order valence-electron chi connectivity index (χ3n) is 5.68. The van der Waals surface area contributed by atoms with Gasteiger partial charge in [0.15, 0.2) is 17.9 Å². The van der Waals surface area contributed by atoms with Crippen LogP contribution in [0.5, 0.6) is 0 Å². The topological polar surface area (TPSA) is 224 Å². The fourth-order valence-corrected chi connectivity index (χ4v) is 4.95. The average molecular weight is 608 g/mol. The molecule has 0 aliphatic carbocycles. The van der Waals surface area contributed by atoms with Gasteiger partial charge >= 0.3 is 0 Å². The second-order valence-corrected chi connectivity index (χ2v) is 11.3. The lowest BCUT2D eigenvalue weighted by Gasteiger charge is -2.17. The summed E-state index contributed by atoms with van der Waals surface area (Å²) in [6, 6.07) is 20.5. The first-order chi connectivity index (χ1) is 19.2. The SMILES string of the molecule is CCCc1cc(-c2ccccc2)cc(CCC)[n+]1CCC(=O)Nc1ccc(S(=O)(=O)N=C(N)N)cc1.[O-][Cl+3]([O-])([O-])[O-]. The quantitative estimate of drug-likeness (QED) is 0.135. The third kappa shape index (κ3) is 11.8. The summed E-state index contributed by atoms with van der Waals surface area (Å²) in [7, 11) is -8.92. The number of sulfonamides is 1. The number of nitrogens with one attached hydrogen (secondary N) is 1. The van der Waals surface area contributed by atoms with Crippen molar-refractivity contribution >= 4 is 27.6 Å². The fourth-order valence-electron chi connectivity index (χ4n) is 4.09. The van der Waals surface area contributed by atoms with Crippen LogP contribution < -0.4 is 40.0 Å². The maximum absolute atomic E-state index is 12.7. The molecule has 1 amide bonds. The lowest BCUT2D eigenvalue weighted by Crippen LogP contribution is -2.68. The Labute approximate surface area is 241 Å². The smallest absolute Gasteiger partial charge is 0.285 e. The number of rotatable bonds is 11. The van der Waals surface area contributed by atoms with Crippen LogP contribution in [0, 0.1) is 10.2 Å². The van der Waals surface area contributed by atoms with E-state index in [1.807, 2.05) is 18.2 Å². The Kier molecular flexibility index (Phi) is 12.6. The Hall–Kier alpha value is -3.59. The van der Waals surface area contributed by atoms with E-state index in [-0.39, 0.29) is 17.2 Å². The molecule has 0 radical (unpaired) electrons. The fraction of sp³-hybridized carbons (Fsp3) is 0.296. The second kappa shape index (κ2) is 15.4. The molecule has 12 nitrogen and oxygen atoms in total. The molecule has 0 saturated heterocycles. The molecule has 14 heteroatoms. The molecule has 222 valence electrons. The van der Waals surface area contributed by atoms with Crippen LogP contribution in [0.25, 0.3) is 11.1 Å². The summed E-state index contributed by atoms with van der Waals surface area (Å²) in [6.07, 6.45) is 4.14. The number of carbonyl (C=O) groups is 1. The summed E-state index contributed by atoms with van der Waals surface area (Å²) in [5.74, 6) is -0.689. The van der Waals surface area contributed by atoms with Crippen molar-refractivity contribution in [2.45, 2.75) is 57.4 Å². The van der Waals surface area contributed by atoms with Gasteiger partial charge in [-0.3, -0.25) is 4.79 Å². The molecule has 1 aromatic heterocycles. The van der Waals surface area contributed by atoms with E-state index in [2.05, 4.69) is 52.4 Å². The van der Waals surface area contributed by atoms with Crippen molar-refractivity contribution in [3.8, 4) is 11.1 Å². The molecule has 0 atom stereocenters. The van der Waals surface area contributed by atoms with Crippen molar-refractivity contribution in [3.05, 3.63) is 78.1 Å². The number of amides is 1. The number of hydrogen-bond donors (Lipinski definition) is 3. The van der Waals surface area contributed by atoms with Crippen molar-refractivity contribution < 1.29 is 46.7 Å². The van der Waals surface area contributed by atoms with Gasteiger partial charge in [-0.1, -0.05) is 44.2 Å². The summed E-state index contributed by atoms with van der Waals surface area (Å²) in [5.41, 5.74) is 15.7. The summed E-state index contributed by atoms with van der Waals surface area (Å²) in [6.45, 7) is 4.87. The Morgan fingerprint density at radius 1 is 0.878 bits per heavy atom. The molecule has 2 aromatic carbocycles. The van der Waals surface area contributed by atoms with Gasteiger partial charge in [0.05, 0.1) is 11.3 Å². The summed E-state index contributed by atoms with van der Waals surface area (Å²) >= 11 is 0. The molecule has 0 saturated carbocycles. The molecule has 3 rings (SSSR count). The van der Waals surface area contributed by atoms with E-state index in [9.17, 15) is 13.2 Å². The predicted molar refractivity (Wildman–Crippen MR) is 143 cm³/mol. The maximum Gasteiger partial charge on any atom is 0.285 e. The summed E-state index contributed by atoms with van der Waals surface area (Å²) < 4.78 is 63.7. The van der Waals surface area contributed by atoms with Gasteiger partial charge in [0.25, 0.3) is 10.0 Å². The van der Waals surface area contributed by atoms with Crippen LogP contribution in [0.1, 0.15) is 44.5 Å². The number of hydrogen-bond acceptors (Lipinski definition) is 7. The van der Waals surface area contributed by atoms with Crippen LogP contribution >= 0.6 is 0 Å². The molecule has 5 N–H and O–H groups in total. The number of aryl methyl sites for hydroxylation is 2. The predicted octanol–water partition coefficient (Wildman–Crippen LogP) is -1.22. The Morgan fingerprint density at radius 3 is 1.85 bits per heavy atom. The van der Waals surface area contributed by atoms with Crippen molar-refractivity contribution in [2.24, 2.45) is 15.9 Å². The van der Waals surface area contributed by atoms with Crippen LogP contribution in [0.3, 0.4) is 0 Å². The summed E-state index contributed by atoms with van der Waals surface area (Å²) in [5, 5.41) is 2.84. The van der Waals surface area contributed by atoms with Gasteiger partial charge in [0.2, 0.25) is 11.9 Å². The van der Waals surface area contributed by atoms with Gasteiger partial charge in [0, 0.05) is 30.7 Å². The highest BCUT2D eigenvalue weighted by Gasteiger charge is 2.20. The van der Waals surface area contributed by atoms with Crippen LogP contribution in [-0.2, 0) is 34.2 Å². The van der Waals surface area contributed by atoms with E-state index in [1.54, 1.807) is 0 Å². The van der Waals surface area contributed by atoms with E-state index in [0.717, 1.165) is 25.7 Å².